The van der Waals surface area contributed by atoms with Crippen LogP contribution in [0.2, 0.25) is 0 Å². The van der Waals surface area contributed by atoms with Crippen molar-refractivity contribution in [3.8, 4) is 17.0 Å². The maximum absolute atomic E-state index is 9.55. The molecule has 0 aliphatic carbocycles. The molecule has 0 radical (unpaired) electrons. The summed E-state index contributed by atoms with van der Waals surface area (Å²) in [6, 6.07) is 13.3. The minimum absolute atomic E-state index is 0.257. The molecule has 2 aromatic heterocycles. The molecule has 0 saturated carbocycles. The third kappa shape index (κ3) is 2.71. The lowest BCUT2D eigenvalue weighted by molar-refractivity contribution is 0.120. The summed E-state index contributed by atoms with van der Waals surface area (Å²) in [5, 5.41) is 13.1. The van der Waals surface area contributed by atoms with E-state index in [9.17, 15) is 5.11 Å². The molecular formula is C19H21N3O2. The minimum atomic E-state index is 0.257. The Morgan fingerprint density at radius 1 is 1.25 bits per heavy atom. The largest absolute Gasteiger partial charge is 0.508 e. The van der Waals surface area contributed by atoms with E-state index in [1.165, 1.54) is 0 Å². The molecule has 2 N–H and O–H groups in total. The second-order valence-electron chi connectivity index (χ2n) is 6.23. The van der Waals surface area contributed by atoms with Crippen molar-refractivity contribution in [3.63, 3.8) is 0 Å². The molecule has 4 rings (SSSR count). The molecule has 0 spiro atoms. The van der Waals surface area contributed by atoms with Crippen molar-refractivity contribution in [2.45, 2.75) is 25.9 Å². The smallest absolute Gasteiger partial charge is 0.139 e. The second kappa shape index (κ2) is 6.17. The standard InChI is InChI=1S/C19H21N3O2/c1-13-4-2-6-17-21-18(14-7-9-15(23)10-8-14)19(22(13)17)20-12-16-5-3-11-24-16/h2,4,6-10,16,20,23H,3,5,11-12H2,1H3. The maximum atomic E-state index is 9.55. The molecule has 1 unspecified atom stereocenters. The zero-order valence-electron chi connectivity index (χ0n) is 13.7. The van der Waals surface area contributed by atoms with E-state index in [1.807, 2.05) is 24.3 Å². The Morgan fingerprint density at radius 3 is 2.83 bits per heavy atom. The fraction of sp³-hybridized carbons (Fsp3) is 0.316. The zero-order valence-corrected chi connectivity index (χ0v) is 13.7. The molecule has 1 aliphatic rings. The number of aromatic nitrogens is 2. The lowest BCUT2D eigenvalue weighted by Gasteiger charge is -2.14. The van der Waals surface area contributed by atoms with E-state index in [4.69, 9.17) is 9.72 Å². The first-order valence-electron chi connectivity index (χ1n) is 8.35. The number of rotatable bonds is 4. The predicted molar refractivity (Wildman–Crippen MR) is 94.5 cm³/mol. The van der Waals surface area contributed by atoms with E-state index in [0.29, 0.717) is 0 Å². The van der Waals surface area contributed by atoms with Crippen molar-refractivity contribution >= 4 is 11.5 Å². The molecule has 1 atom stereocenters. The van der Waals surface area contributed by atoms with Crippen molar-refractivity contribution in [2.75, 3.05) is 18.5 Å². The Balaban J connectivity index is 1.77. The highest BCUT2D eigenvalue weighted by Crippen LogP contribution is 2.31. The van der Waals surface area contributed by atoms with Gasteiger partial charge in [0.1, 0.15) is 22.9 Å². The molecule has 0 amide bonds. The minimum Gasteiger partial charge on any atom is -0.508 e. The molecule has 24 heavy (non-hydrogen) atoms. The topological polar surface area (TPSA) is 58.8 Å². The number of pyridine rings is 1. The molecule has 1 aromatic carbocycles. The summed E-state index contributed by atoms with van der Waals surface area (Å²) < 4.78 is 7.87. The number of nitrogens with one attached hydrogen (secondary N) is 1. The summed E-state index contributed by atoms with van der Waals surface area (Å²) in [6.07, 6.45) is 2.48. The Morgan fingerprint density at radius 2 is 2.08 bits per heavy atom. The van der Waals surface area contributed by atoms with Gasteiger partial charge in [0.15, 0.2) is 0 Å². The molecule has 124 valence electrons. The van der Waals surface area contributed by atoms with Crippen LogP contribution in [0.4, 0.5) is 5.82 Å². The van der Waals surface area contributed by atoms with Crippen molar-refractivity contribution in [3.05, 3.63) is 48.2 Å². The average Bonchev–Trinajstić information content (AvgIpc) is 3.21. The fourth-order valence-corrected chi connectivity index (χ4v) is 3.25. The number of nitrogens with zero attached hydrogens (tertiary/aromatic N) is 2. The molecule has 1 aliphatic heterocycles. The molecule has 3 aromatic rings. The first-order chi connectivity index (χ1) is 11.7. The van der Waals surface area contributed by atoms with Gasteiger partial charge in [-0.05, 0) is 56.2 Å². The summed E-state index contributed by atoms with van der Waals surface area (Å²) >= 11 is 0. The number of benzene rings is 1. The lowest BCUT2D eigenvalue weighted by Crippen LogP contribution is -2.19. The molecule has 5 heteroatoms. The van der Waals surface area contributed by atoms with Gasteiger partial charge in [0.05, 0.1) is 6.10 Å². The molecule has 1 saturated heterocycles. The number of phenolic OH excluding ortho intramolecular Hbond substituents is 1. The first-order valence-corrected chi connectivity index (χ1v) is 8.35. The Kier molecular flexibility index (Phi) is 3.86. The Hall–Kier alpha value is -2.53. The third-order valence-corrected chi connectivity index (χ3v) is 4.50. The van der Waals surface area contributed by atoms with Gasteiger partial charge in [-0.15, -0.1) is 0 Å². The highest BCUT2D eigenvalue weighted by molar-refractivity contribution is 5.77. The van der Waals surface area contributed by atoms with Crippen LogP contribution in [-0.4, -0.2) is 33.7 Å². The van der Waals surface area contributed by atoms with Crippen LogP contribution in [0.5, 0.6) is 5.75 Å². The maximum Gasteiger partial charge on any atom is 0.139 e. The van der Waals surface area contributed by atoms with Crippen LogP contribution in [0.1, 0.15) is 18.5 Å². The number of aryl methyl sites for hydroxylation is 1. The predicted octanol–water partition coefficient (Wildman–Crippen LogP) is 3.61. The van der Waals surface area contributed by atoms with Crippen LogP contribution in [0, 0.1) is 6.92 Å². The SMILES string of the molecule is Cc1cccc2nc(-c3ccc(O)cc3)c(NCC3CCCO3)n12. The Labute approximate surface area is 140 Å². The third-order valence-electron chi connectivity index (χ3n) is 4.50. The van der Waals surface area contributed by atoms with Gasteiger partial charge in [-0.25, -0.2) is 4.98 Å². The van der Waals surface area contributed by atoms with Gasteiger partial charge in [-0.3, -0.25) is 4.40 Å². The molecule has 5 nitrogen and oxygen atoms in total. The zero-order chi connectivity index (χ0) is 16.5. The van der Waals surface area contributed by atoms with Crippen LogP contribution in [0.3, 0.4) is 0 Å². The highest BCUT2D eigenvalue weighted by Gasteiger charge is 2.19. The van der Waals surface area contributed by atoms with Gasteiger partial charge in [0.2, 0.25) is 0 Å². The lowest BCUT2D eigenvalue weighted by atomic mass is 10.1. The van der Waals surface area contributed by atoms with Gasteiger partial charge in [-0.1, -0.05) is 6.07 Å². The molecule has 3 heterocycles. The number of imidazole rings is 1. The number of anilines is 1. The second-order valence-corrected chi connectivity index (χ2v) is 6.23. The first kappa shape index (κ1) is 15.0. The van der Waals surface area contributed by atoms with Gasteiger partial charge in [-0.2, -0.15) is 0 Å². The van der Waals surface area contributed by atoms with Crippen LogP contribution in [0.15, 0.2) is 42.5 Å². The van der Waals surface area contributed by atoms with Crippen LogP contribution in [-0.2, 0) is 4.74 Å². The molecule has 0 bridgehead atoms. The van der Waals surface area contributed by atoms with E-state index in [2.05, 4.69) is 22.7 Å². The number of hydrogen-bond acceptors (Lipinski definition) is 4. The molecular weight excluding hydrogens is 302 g/mol. The van der Waals surface area contributed by atoms with Crippen LogP contribution < -0.4 is 5.32 Å². The number of hydrogen-bond donors (Lipinski definition) is 2. The summed E-state index contributed by atoms with van der Waals surface area (Å²) in [6.45, 7) is 3.70. The van der Waals surface area contributed by atoms with E-state index >= 15 is 0 Å². The van der Waals surface area contributed by atoms with Crippen LogP contribution in [0.25, 0.3) is 16.9 Å². The van der Waals surface area contributed by atoms with Gasteiger partial charge in [0.25, 0.3) is 0 Å². The fourth-order valence-electron chi connectivity index (χ4n) is 3.25. The van der Waals surface area contributed by atoms with Crippen molar-refractivity contribution in [1.29, 1.82) is 0 Å². The summed E-state index contributed by atoms with van der Waals surface area (Å²) in [4.78, 5) is 4.80. The highest BCUT2D eigenvalue weighted by atomic mass is 16.5. The summed E-state index contributed by atoms with van der Waals surface area (Å²) in [5.74, 6) is 1.23. The quantitative estimate of drug-likeness (QED) is 0.770. The van der Waals surface area contributed by atoms with E-state index in [0.717, 1.165) is 54.4 Å². The average molecular weight is 323 g/mol. The van der Waals surface area contributed by atoms with Gasteiger partial charge < -0.3 is 15.2 Å². The monoisotopic (exact) mass is 323 g/mol. The van der Waals surface area contributed by atoms with Gasteiger partial charge in [0, 0.05) is 24.4 Å². The Bertz CT molecular complexity index is 849. The van der Waals surface area contributed by atoms with Crippen molar-refractivity contribution in [2.24, 2.45) is 0 Å². The number of aromatic hydroxyl groups is 1. The van der Waals surface area contributed by atoms with Crippen molar-refractivity contribution < 1.29 is 9.84 Å². The van der Waals surface area contributed by atoms with Gasteiger partial charge >= 0.3 is 0 Å². The molecule has 1 fully saturated rings. The number of phenols is 1. The van der Waals surface area contributed by atoms with Crippen molar-refractivity contribution in [1.82, 2.24) is 9.38 Å². The number of ether oxygens (including phenoxy) is 1. The summed E-state index contributed by atoms with van der Waals surface area (Å²) in [5.41, 5.74) is 3.90. The summed E-state index contributed by atoms with van der Waals surface area (Å²) in [7, 11) is 0. The van der Waals surface area contributed by atoms with E-state index < -0.39 is 0 Å². The van der Waals surface area contributed by atoms with E-state index in [1.54, 1.807) is 12.1 Å². The number of fused-ring (bicyclic) bond motifs is 1. The van der Waals surface area contributed by atoms with E-state index in [-0.39, 0.29) is 11.9 Å². The normalized spacial score (nSPS) is 17.5. The van der Waals surface area contributed by atoms with Crippen LogP contribution >= 0.6 is 0 Å².